The molecular formula is C17H27ClN2O2. The van der Waals surface area contributed by atoms with Gasteiger partial charge in [0.15, 0.2) is 0 Å². The fraction of sp³-hybridized carbons (Fsp3) is 0.588. The number of carbonyl (C=O) groups is 1. The van der Waals surface area contributed by atoms with Crippen molar-refractivity contribution in [1.29, 1.82) is 0 Å². The van der Waals surface area contributed by atoms with E-state index in [1.165, 1.54) is 0 Å². The lowest BCUT2D eigenvalue weighted by Crippen LogP contribution is -2.51. The molecule has 4 nitrogen and oxygen atoms in total. The Morgan fingerprint density at radius 2 is 2.09 bits per heavy atom. The van der Waals surface area contributed by atoms with Crippen molar-refractivity contribution in [3.63, 3.8) is 0 Å². The zero-order valence-corrected chi connectivity index (χ0v) is 14.2. The second-order valence-corrected chi connectivity index (χ2v) is 6.26. The van der Waals surface area contributed by atoms with Crippen molar-refractivity contribution in [2.24, 2.45) is 0 Å². The predicted octanol–water partition coefficient (Wildman–Crippen LogP) is 2.22. The number of aliphatic hydroxyl groups excluding tert-OH is 1. The Labute approximate surface area is 139 Å². The van der Waals surface area contributed by atoms with Crippen LogP contribution in [-0.4, -0.2) is 35.7 Å². The van der Waals surface area contributed by atoms with E-state index in [1.807, 2.05) is 25.1 Å². The maximum absolute atomic E-state index is 12.4. The van der Waals surface area contributed by atoms with E-state index in [0.29, 0.717) is 13.0 Å². The molecule has 0 spiro atoms. The Kier molecular flexibility index (Phi) is 7.33. The van der Waals surface area contributed by atoms with E-state index in [2.05, 4.69) is 22.8 Å². The number of amides is 1. The standard InChI is InChI=1S/C17H26N2O2.ClH/c1-13(20)11-15(14-7-4-3-5-8-14)12-18-16(21)17(2)9-6-10-19-17;/h3-5,7-8,13,15,19-20H,6,9-12H2,1-2H3,(H,18,21);1H. The zero-order chi connectivity index (χ0) is 15.3. The molecule has 2 rings (SSSR count). The van der Waals surface area contributed by atoms with Gasteiger partial charge in [-0.25, -0.2) is 0 Å². The molecule has 1 saturated heterocycles. The van der Waals surface area contributed by atoms with Crippen LogP contribution in [0.4, 0.5) is 0 Å². The van der Waals surface area contributed by atoms with Gasteiger partial charge in [0, 0.05) is 12.5 Å². The predicted molar refractivity (Wildman–Crippen MR) is 91.4 cm³/mol. The summed E-state index contributed by atoms with van der Waals surface area (Å²) in [5, 5.41) is 16.0. The first-order valence-corrected chi connectivity index (χ1v) is 7.77. The van der Waals surface area contributed by atoms with Crippen LogP contribution in [0.25, 0.3) is 0 Å². The third-order valence-corrected chi connectivity index (χ3v) is 4.28. The van der Waals surface area contributed by atoms with Gasteiger partial charge in [-0.05, 0) is 45.2 Å². The smallest absolute Gasteiger partial charge is 0.240 e. The molecule has 3 N–H and O–H groups in total. The molecule has 1 aliphatic rings. The first kappa shape index (κ1) is 18.9. The van der Waals surface area contributed by atoms with Crippen LogP contribution in [0.3, 0.4) is 0 Å². The van der Waals surface area contributed by atoms with Gasteiger partial charge in [0.05, 0.1) is 11.6 Å². The summed E-state index contributed by atoms with van der Waals surface area (Å²) in [7, 11) is 0. The summed E-state index contributed by atoms with van der Waals surface area (Å²) in [4.78, 5) is 12.4. The van der Waals surface area contributed by atoms with E-state index >= 15 is 0 Å². The molecule has 3 unspecified atom stereocenters. The van der Waals surface area contributed by atoms with Gasteiger partial charge in [-0.15, -0.1) is 12.4 Å². The van der Waals surface area contributed by atoms with Gasteiger partial charge in [-0.3, -0.25) is 4.79 Å². The van der Waals surface area contributed by atoms with Crippen molar-refractivity contribution in [3.8, 4) is 0 Å². The number of hydrogen-bond acceptors (Lipinski definition) is 3. The summed E-state index contributed by atoms with van der Waals surface area (Å²) in [5.41, 5.74) is 0.717. The third-order valence-electron chi connectivity index (χ3n) is 4.28. The normalized spacial score (nSPS) is 23.4. The molecule has 3 atom stereocenters. The molecule has 0 aliphatic carbocycles. The van der Waals surface area contributed by atoms with E-state index in [-0.39, 0.29) is 30.3 Å². The van der Waals surface area contributed by atoms with E-state index < -0.39 is 5.54 Å². The second kappa shape index (κ2) is 8.51. The number of halogens is 1. The number of aliphatic hydroxyl groups is 1. The summed E-state index contributed by atoms with van der Waals surface area (Å²) in [6, 6.07) is 10.1. The zero-order valence-electron chi connectivity index (χ0n) is 13.3. The summed E-state index contributed by atoms with van der Waals surface area (Å²) in [6.07, 6.45) is 2.19. The lowest BCUT2D eigenvalue weighted by atomic mass is 9.92. The van der Waals surface area contributed by atoms with Gasteiger partial charge in [-0.2, -0.15) is 0 Å². The van der Waals surface area contributed by atoms with Gasteiger partial charge < -0.3 is 15.7 Å². The summed E-state index contributed by atoms with van der Waals surface area (Å²) in [5.74, 6) is 0.201. The number of rotatable bonds is 6. The fourth-order valence-corrected chi connectivity index (χ4v) is 2.97. The van der Waals surface area contributed by atoms with Gasteiger partial charge >= 0.3 is 0 Å². The van der Waals surface area contributed by atoms with Crippen molar-refractivity contribution in [3.05, 3.63) is 35.9 Å². The maximum Gasteiger partial charge on any atom is 0.240 e. The number of benzene rings is 1. The molecule has 1 amide bonds. The first-order chi connectivity index (χ1) is 10.0. The van der Waals surface area contributed by atoms with Crippen LogP contribution in [0.1, 0.15) is 44.6 Å². The highest BCUT2D eigenvalue weighted by atomic mass is 35.5. The molecule has 1 aliphatic heterocycles. The van der Waals surface area contributed by atoms with Gasteiger partial charge in [0.1, 0.15) is 0 Å². The number of nitrogens with one attached hydrogen (secondary N) is 2. The summed E-state index contributed by atoms with van der Waals surface area (Å²) < 4.78 is 0. The van der Waals surface area contributed by atoms with Crippen molar-refractivity contribution < 1.29 is 9.90 Å². The van der Waals surface area contributed by atoms with Crippen LogP contribution in [0.2, 0.25) is 0 Å². The molecule has 124 valence electrons. The van der Waals surface area contributed by atoms with Crippen LogP contribution < -0.4 is 10.6 Å². The minimum absolute atomic E-state index is 0. The van der Waals surface area contributed by atoms with E-state index in [9.17, 15) is 9.90 Å². The van der Waals surface area contributed by atoms with Crippen LogP contribution in [0, 0.1) is 0 Å². The summed E-state index contributed by atoms with van der Waals surface area (Å²) >= 11 is 0. The molecule has 5 heteroatoms. The SMILES string of the molecule is CC(O)CC(CNC(=O)C1(C)CCCN1)c1ccccc1.Cl. The van der Waals surface area contributed by atoms with Crippen molar-refractivity contribution in [2.75, 3.05) is 13.1 Å². The molecule has 0 aromatic heterocycles. The lowest BCUT2D eigenvalue weighted by molar-refractivity contribution is -0.126. The van der Waals surface area contributed by atoms with Gasteiger partial charge in [0.25, 0.3) is 0 Å². The molecule has 1 aromatic rings. The highest BCUT2D eigenvalue weighted by Gasteiger charge is 2.35. The molecule has 0 bridgehead atoms. The average Bonchev–Trinajstić information content (AvgIpc) is 2.92. The topological polar surface area (TPSA) is 61.4 Å². The highest BCUT2D eigenvalue weighted by molar-refractivity contribution is 5.86. The van der Waals surface area contributed by atoms with Crippen LogP contribution in [0.5, 0.6) is 0 Å². The minimum atomic E-state index is -0.438. The minimum Gasteiger partial charge on any atom is -0.393 e. The van der Waals surface area contributed by atoms with Crippen LogP contribution in [-0.2, 0) is 4.79 Å². The monoisotopic (exact) mass is 326 g/mol. The molecule has 1 heterocycles. The van der Waals surface area contributed by atoms with Crippen molar-refractivity contribution in [2.45, 2.75) is 50.7 Å². The molecule has 22 heavy (non-hydrogen) atoms. The Morgan fingerprint density at radius 1 is 1.41 bits per heavy atom. The molecule has 0 saturated carbocycles. The Balaban J connectivity index is 0.00000242. The molecule has 0 radical (unpaired) electrons. The van der Waals surface area contributed by atoms with Gasteiger partial charge in [-0.1, -0.05) is 30.3 Å². The Bertz CT molecular complexity index is 459. The molecular weight excluding hydrogens is 300 g/mol. The maximum atomic E-state index is 12.4. The van der Waals surface area contributed by atoms with Crippen LogP contribution in [0.15, 0.2) is 30.3 Å². The molecule has 1 fully saturated rings. The first-order valence-electron chi connectivity index (χ1n) is 7.77. The highest BCUT2D eigenvalue weighted by Crippen LogP contribution is 2.22. The molecule has 1 aromatic carbocycles. The van der Waals surface area contributed by atoms with Gasteiger partial charge in [0.2, 0.25) is 5.91 Å². The quantitative estimate of drug-likeness (QED) is 0.751. The second-order valence-electron chi connectivity index (χ2n) is 6.26. The van der Waals surface area contributed by atoms with Crippen molar-refractivity contribution >= 4 is 18.3 Å². The van der Waals surface area contributed by atoms with E-state index in [1.54, 1.807) is 6.92 Å². The summed E-state index contributed by atoms with van der Waals surface area (Å²) in [6.45, 7) is 5.21. The number of hydrogen-bond donors (Lipinski definition) is 3. The largest absolute Gasteiger partial charge is 0.393 e. The fourth-order valence-electron chi connectivity index (χ4n) is 2.97. The Hall–Kier alpha value is -1.10. The third kappa shape index (κ3) is 4.97. The Morgan fingerprint density at radius 3 is 2.64 bits per heavy atom. The average molecular weight is 327 g/mol. The van der Waals surface area contributed by atoms with Crippen molar-refractivity contribution in [1.82, 2.24) is 10.6 Å². The van der Waals surface area contributed by atoms with Crippen LogP contribution >= 0.6 is 12.4 Å². The van der Waals surface area contributed by atoms with E-state index in [4.69, 9.17) is 0 Å². The lowest BCUT2D eigenvalue weighted by Gasteiger charge is -2.26. The van der Waals surface area contributed by atoms with E-state index in [0.717, 1.165) is 24.9 Å². The number of carbonyl (C=O) groups excluding carboxylic acids is 1.